The fraction of sp³-hybridized carbons (Fsp3) is 0.267. The molecule has 1 aliphatic rings. The van der Waals surface area contributed by atoms with E-state index in [0.717, 1.165) is 11.3 Å². The van der Waals surface area contributed by atoms with Crippen LogP contribution in [0, 0.1) is 0 Å². The largest absolute Gasteiger partial charge is 0.484 e. The number of hydrogen-bond donors (Lipinski definition) is 1. The van der Waals surface area contributed by atoms with Crippen molar-refractivity contribution in [2.45, 2.75) is 13.0 Å². The fourth-order valence-electron chi connectivity index (χ4n) is 2.31. The highest BCUT2D eigenvalue weighted by molar-refractivity contribution is 5.78. The second-order valence-corrected chi connectivity index (χ2v) is 4.87. The SMILES string of the molecule is O=C(COc1ccccc1)N1CCc2n[nH]c(=O)cc2C1. The number of nitrogens with zero attached hydrogens (tertiary/aromatic N) is 2. The van der Waals surface area contributed by atoms with Crippen LogP contribution >= 0.6 is 0 Å². The van der Waals surface area contributed by atoms with Crippen molar-refractivity contribution >= 4 is 5.91 Å². The summed E-state index contributed by atoms with van der Waals surface area (Å²) in [4.78, 5) is 25.1. The number of rotatable bonds is 3. The Labute approximate surface area is 121 Å². The Morgan fingerprint density at radius 3 is 2.95 bits per heavy atom. The first-order chi connectivity index (χ1) is 10.2. The van der Waals surface area contributed by atoms with Crippen molar-refractivity contribution in [3.8, 4) is 5.75 Å². The number of H-pyrrole nitrogens is 1. The van der Waals surface area contributed by atoms with Crippen LogP contribution in [0.4, 0.5) is 0 Å². The minimum atomic E-state index is -0.247. The standard InChI is InChI=1S/C15H15N3O3/c19-14-8-11-9-18(7-6-13(11)16-17-14)15(20)10-21-12-4-2-1-3-5-12/h1-5,8H,6-7,9-10H2,(H,17,19). The average Bonchev–Trinajstić information content (AvgIpc) is 2.53. The number of fused-ring (bicyclic) bond motifs is 1. The fourth-order valence-corrected chi connectivity index (χ4v) is 2.31. The summed E-state index contributed by atoms with van der Waals surface area (Å²) in [5, 5.41) is 6.42. The molecule has 0 bridgehead atoms. The highest BCUT2D eigenvalue weighted by atomic mass is 16.5. The second kappa shape index (κ2) is 5.78. The summed E-state index contributed by atoms with van der Waals surface area (Å²) < 4.78 is 5.46. The van der Waals surface area contributed by atoms with Gasteiger partial charge in [0.25, 0.3) is 11.5 Å². The van der Waals surface area contributed by atoms with Crippen molar-refractivity contribution in [3.63, 3.8) is 0 Å². The Morgan fingerprint density at radius 1 is 1.33 bits per heavy atom. The number of carbonyl (C=O) groups excluding carboxylic acids is 1. The maximum atomic E-state index is 12.2. The summed E-state index contributed by atoms with van der Waals surface area (Å²) in [6.07, 6.45) is 0.642. The van der Waals surface area contributed by atoms with E-state index in [9.17, 15) is 9.59 Å². The molecule has 6 heteroatoms. The zero-order chi connectivity index (χ0) is 14.7. The van der Waals surface area contributed by atoms with Crippen LogP contribution in [0.15, 0.2) is 41.2 Å². The van der Waals surface area contributed by atoms with Crippen molar-refractivity contribution in [1.82, 2.24) is 15.1 Å². The highest BCUT2D eigenvalue weighted by Gasteiger charge is 2.22. The van der Waals surface area contributed by atoms with E-state index in [0.29, 0.717) is 25.3 Å². The molecule has 0 radical (unpaired) electrons. The Morgan fingerprint density at radius 2 is 2.14 bits per heavy atom. The smallest absolute Gasteiger partial charge is 0.264 e. The molecule has 108 valence electrons. The normalized spacial score (nSPS) is 13.6. The molecule has 2 aromatic rings. The van der Waals surface area contributed by atoms with Crippen molar-refractivity contribution in [3.05, 3.63) is 58.0 Å². The zero-order valence-corrected chi connectivity index (χ0v) is 11.4. The minimum absolute atomic E-state index is 0.00400. The van der Waals surface area contributed by atoms with Gasteiger partial charge in [-0.1, -0.05) is 18.2 Å². The molecule has 1 aromatic heterocycles. The molecule has 0 aliphatic carbocycles. The molecular weight excluding hydrogens is 270 g/mol. The van der Waals surface area contributed by atoms with Crippen LogP contribution in [0.2, 0.25) is 0 Å². The van der Waals surface area contributed by atoms with E-state index in [-0.39, 0.29) is 18.1 Å². The molecule has 1 aromatic carbocycles. The first kappa shape index (κ1) is 13.4. The van der Waals surface area contributed by atoms with Gasteiger partial charge in [-0.05, 0) is 12.1 Å². The predicted molar refractivity (Wildman–Crippen MR) is 75.9 cm³/mol. The second-order valence-electron chi connectivity index (χ2n) is 4.87. The van der Waals surface area contributed by atoms with Crippen molar-refractivity contribution < 1.29 is 9.53 Å². The average molecular weight is 285 g/mol. The van der Waals surface area contributed by atoms with Crippen LogP contribution in [-0.2, 0) is 17.8 Å². The molecule has 1 amide bonds. The maximum absolute atomic E-state index is 12.2. The number of benzene rings is 1. The summed E-state index contributed by atoms with van der Waals surface area (Å²) >= 11 is 0. The molecular formula is C15H15N3O3. The number of nitrogens with one attached hydrogen (secondary N) is 1. The third kappa shape index (κ3) is 3.10. The molecule has 3 rings (SSSR count). The van der Waals surface area contributed by atoms with Gasteiger partial charge in [0.05, 0.1) is 5.69 Å². The lowest BCUT2D eigenvalue weighted by Crippen LogP contribution is -2.39. The van der Waals surface area contributed by atoms with Gasteiger partial charge in [-0.3, -0.25) is 9.59 Å². The quantitative estimate of drug-likeness (QED) is 0.902. The van der Waals surface area contributed by atoms with E-state index in [1.807, 2.05) is 30.3 Å². The van der Waals surface area contributed by atoms with Gasteiger partial charge in [-0.25, -0.2) is 5.10 Å². The van der Waals surface area contributed by atoms with E-state index in [1.54, 1.807) is 4.90 Å². The number of aromatic amines is 1. The molecule has 6 nitrogen and oxygen atoms in total. The van der Waals surface area contributed by atoms with Crippen LogP contribution in [0.3, 0.4) is 0 Å². The van der Waals surface area contributed by atoms with Gasteiger partial charge in [0.15, 0.2) is 6.61 Å². The van der Waals surface area contributed by atoms with Crippen molar-refractivity contribution in [2.75, 3.05) is 13.2 Å². The molecule has 0 atom stereocenters. The third-order valence-electron chi connectivity index (χ3n) is 3.41. The number of carbonyl (C=O) groups is 1. The monoisotopic (exact) mass is 285 g/mol. The van der Waals surface area contributed by atoms with Gasteiger partial charge in [0.2, 0.25) is 0 Å². The maximum Gasteiger partial charge on any atom is 0.264 e. The minimum Gasteiger partial charge on any atom is -0.484 e. The molecule has 0 spiro atoms. The van der Waals surface area contributed by atoms with E-state index in [1.165, 1.54) is 6.07 Å². The lowest BCUT2D eigenvalue weighted by Gasteiger charge is -2.27. The lowest BCUT2D eigenvalue weighted by atomic mass is 10.1. The van der Waals surface area contributed by atoms with Gasteiger partial charge < -0.3 is 9.64 Å². The summed E-state index contributed by atoms with van der Waals surface area (Å²) in [5.41, 5.74) is 1.41. The molecule has 0 unspecified atom stereocenters. The molecule has 0 saturated heterocycles. The summed E-state index contributed by atoms with van der Waals surface area (Å²) in [6.45, 7) is 0.988. The van der Waals surface area contributed by atoms with Crippen LogP contribution < -0.4 is 10.3 Å². The predicted octanol–water partition coefficient (Wildman–Crippen LogP) is 0.734. The van der Waals surface area contributed by atoms with E-state index < -0.39 is 0 Å². The summed E-state index contributed by atoms with van der Waals surface area (Å²) in [6, 6.07) is 10.7. The molecule has 1 aliphatic heterocycles. The lowest BCUT2D eigenvalue weighted by molar-refractivity contribution is -0.134. The first-order valence-corrected chi connectivity index (χ1v) is 6.75. The number of para-hydroxylation sites is 1. The Kier molecular flexibility index (Phi) is 3.68. The van der Waals surface area contributed by atoms with Crippen LogP contribution in [0.1, 0.15) is 11.3 Å². The van der Waals surface area contributed by atoms with Gasteiger partial charge in [-0.15, -0.1) is 0 Å². The van der Waals surface area contributed by atoms with Crippen molar-refractivity contribution in [1.29, 1.82) is 0 Å². The number of ether oxygens (including phenoxy) is 1. The topological polar surface area (TPSA) is 75.3 Å². The van der Waals surface area contributed by atoms with E-state index >= 15 is 0 Å². The number of hydrogen-bond acceptors (Lipinski definition) is 4. The van der Waals surface area contributed by atoms with Crippen LogP contribution in [-0.4, -0.2) is 34.2 Å². The Bertz CT molecular complexity index is 697. The molecule has 2 heterocycles. The third-order valence-corrected chi connectivity index (χ3v) is 3.41. The Balaban J connectivity index is 1.63. The molecule has 0 saturated carbocycles. The number of aromatic nitrogens is 2. The number of amides is 1. The van der Waals surface area contributed by atoms with Gasteiger partial charge >= 0.3 is 0 Å². The van der Waals surface area contributed by atoms with Crippen LogP contribution in [0.25, 0.3) is 0 Å². The zero-order valence-electron chi connectivity index (χ0n) is 11.4. The molecule has 1 N–H and O–H groups in total. The molecule has 21 heavy (non-hydrogen) atoms. The Hall–Kier alpha value is -2.63. The summed E-state index contributed by atoms with van der Waals surface area (Å²) in [7, 11) is 0. The van der Waals surface area contributed by atoms with Crippen molar-refractivity contribution in [2.24, 2.45) is 0 Å². The molecule has 0 fully saturated rings. The van der Waals surface area contributed by atoms with E-state index in [2.05, 4.69) is 10.2 Å². The van der Waals surface area contributed by atoms with Crippen LogP contribution in [0.5, 0.6) is 5.75 Å². The van der Waals surface area contributed by atoms with Gasteiger partial charge in [0, 0.05) is 31.1 Å². The van der Waals surface area contributed by atoms with Gasteiger partial charge in [0.1, 0.15) is 5.75 Å². The summed E-state index contributed by atoms with van der Waals surface area (Å²) in [5.74, 6) is 0.575. The van der Waals surface area contributed by atoms with E-state index in [4.69, 9.17) is 4.74 Å². The first-order valence-electron chi connectivity index (χ1n) is 6.75. The van der Waals surface area contributed by atoms with Gasteiger partial charge in [-0.2, -0.15) is 5.10 Å². The highest BCUT2D eigenvalue weighted by Crippen LogP contribution is 2.15.